The van der Waals surface area contributed by atoms with Crippen molar-refractivity contribution in [3.05, 3.63) is 34.1 Å². The average Bonchev–Trinajstić information content (AvgIpc) is 1.97. The van der Waals surface area contributed by atoms with Gasteiger partial charge in [-0.25, -0.2) is 4.39 Å². The van der Waals surface area contributed by atoms with Crippen LogP contribution in [0.15, 0.2) is 12.1 Å². The fourth-order valence-corrected chi connectivity index (χ4v) is 1.41. The minimum absolute atomic E-state index is 0.205. The molecule has 1 rings (SSSR count). The lowest BCUT2D eigenvalue weighted by Gasteiger charge is -2.01. The Hall–Kier alpha value is -0.0800. The van der Waals surface area contributed by atoms with Crippen LogP contribution in [-0.4, -0.2) is 0 Å². The zero-order valence-corrected chi connectivity index (χ0v) is 8.34. The van der Waals surface area contributed by atoms with Gasteiger partial charge in [-0.1, -0.05) is 27.5 Å². The first-order valence-electron chi connectivity index (χ1n) is 3.15. The normalized spacial score (nSPS) is 10.2. The van der Waals surface area contributed by atoms with Crippen molar-refractivity contribution in [1.82, 2.24) is 0 Å². The number of rotatable bonds is 1. The fourth-order valence-electron chi connectivity index (χ4n) is 0.790. The van der Waals surface area contributed by atoms with Crippen LogP contribution in [0.2, 0.25) is 5.02 Å². The predicted octanol–water partition coefficient (Wildman–Crippen LogP) is 3.68. The number of halogens is 3. The maximum absolute atomic E-state index is 12.9. The van der Waals surface area contributed by atoms with Crippen molar-refractivity contribution in [1.29, 1.82) is 0 Å². The Bertz CT molecular complexity index is 273. The fraction of sp³-hybridized carbons (Fsp3) is 0.250. The molecule has 0 radical (unpaired) electrons. The van der Waals surface area contributed by atoms with Crippen molar-refractivity contribution < 1.29 is 4.39 Å². The van der Waals surface area contributed by atoms with E-state index in [-0.39, 0.29) is 5.82 Å². The second-order valence-electron chi connectivity index (χ2n) is 2.33. The van der Waals surface area contributed by atoms with Crippen LogP contribution in [0.1, 0.15) is 11.1 Å². The monoisotopic (exact) mass is 236 g/mol. The Kier molecular flexibility index (Phi) is 2.90. The first-order valence-corrected chi connectivity index (χ1v) is 4.65. The van der Waals surface area contributed by atoms with Gasteiger partial charge in [0.05, 0.1) is 0 Å². The standard InChI is InChI=1S/C8H7BrClF/c1-5-2-8(11)6(4-9)3-7(5)10/h2-3H,4H2,1H3. The van der Waals surface area contributed by atoms with Gasteiger partial charge in [-0.3, -0.25) is 0 Å². The summed E-state index contributed by atoms with van der Waals surface area (Å²) in [5.74, 6) is -0.205. The second-order valence-corrected chi connectivity index (χ2v) is 3.29. The highest BCUT2D eigenvalue weighted by Gasteiger charge is 2.03. The predicted molar refractivity (Wildman–Crippen MR) is 48.8 cm³/mol. The molecule has 0 spiro atoms. The molecule has 0 unspecified atom stereocenters. The molecule has 1 aromatic carbocycles. The van der Waals surface area contributed by atoms with Crippen molar-refractivity contribution in [2.45, 2.75) is 12.3 Å². The van der Waals surface area contributed by atoms with E-state index >= 15 is 0 Å². The molecule has 0 saturated carbocycles. The van der Waals surface area contributed by atoms with Gasteiger partial charge >= 0.3 is 0 Å². The topological polar surface area (TPSA) is 0 Å². The Morgan fingerprint density at radius 3 is 2.73 bits per heavy atom. The third-order valence-corrected chi connectivity index (χ3v) is 2.48. The summed E-state index contributed by atoms with van der Waals surface area (Å²) >= 11 is 8.95. The molecule has 1 aromatic rings. The van der Waals surface area contributed by atoms with Crippen molar-refractivity contribution in [2.24, 2.45) is 0 Å². The molecule has 11 heavy (non-hydrogen) atoms. The van der Waals surface area contributed by atoms with Crippen molar-refractivity contribution >= 4 is 27.5 Å². The van der Waals surface area contributed by atoms with Crippen LogP contribution < -0.4 is 0 Å². The lowest BCUT2D eigenvalue weighted by atomic mass is 10.1. The van der Waals surface area contributed by atoms with E-state index in [4.69, 9.17) is 11.6 Å². The van der Waals surface area contributed by atoms with Gasteiger partial charge in [-0.2, -0.15) is 0 Å². The summed E-state index contributed by atoms with van der Waals surface area (Å²) in [6.07, 6.45) is 0. The van der Waals surface area contributed by atoms with Crippen molar-refractivity contribution in [3.8, 4) is 0 Å². The molecule has 0 aromatic heterocycles. The van der Waals surface area contributed by atoms with Gasteiger partial charge in [0.25, 0.3) is 0 Å². The molecular formula is C8H7BrClF. The lowest BCUT2D eigenvalue weighted by molar-refractivity contribution is 0.616. The molecule has 0 saturated heterocycles. The lowest BCUT2D eigenvalue weighted by Crippen LogP contribution is -1.87. The van der Waals surface area contributed by atoms with E-state index in [0.29, 0.717) is 15.9 Å². The third-order valence-electron chi connectivity index (χ3n) is 1.47. The summed E-state index contributed by atoms with van der Waals surface area (Å²) in [5.41, 5.74) is 1.37. The summed E-state index contributed by atoms with van der Waals surface area (Å²) in [6.45, 7) is 1.78. The molecule has 0 aliphatic rings. The van der Waals surface area contributed by atoms with Gasteiger partial charge in [0.1, 0.15) is 5.82 Å². The highest BCUT2D eigenvalue weighted by molar-refractivity contribution is 9.08. The minimum atomic E-state index is -0.205. The molecular weight excluding hydrogens is 230 g/mol. The number of hydrogen-bond donors (Lipinski definition) is 0. The van der Waals surface area contributed by atoms with Crippen LogP contribution >= 0.6 is 27.5 Å². The van der Waals surface area contributed by atoms with E-state index in [9.17, 15) is 4.39 Å². The third kappa shape index (κ3) is 1.94. The van der Waals surface area contributed by atoms with Crippen molar-refractivity contribution in [3.63, 3.8) is 0 Å². The summed E-state index contributed by atoms with van der Waals surface area (Å²) < 4.78 is 12.9. The number of hydrogen-bond acceptors (Lipinski definition) is 0. The molecule has 0 atom stereocenters. The maximum Gasteiger partial charge on any atom is 0.127 e. The van der Waals surface area contributed by atoms with Gasteiger partial charge < -0.3 is 0 Å². The maximum atomic E-state index is 12.9. The van der Waals surface area contributed by atoms with Crippen LogP contribution in [0.3, 0.4) is 0 Å². The van der Waals surface area contributed by atoms with Gasteiger partial charge in [0.2, 0.25) is 0 Å². The van der Waals surface area contributed by atoms with Crippen LogP contribution in [-0.2, 0) is 5.33 Å². The van der Waals surface area contributed by atoms with Crippen LogP contribution in [0.25, 0.3) is 0 Å². The van der Waals surface area contributed by atoms with Gasteiger partial charge in [0.15, 0.2) is 0 Å². The van der Waals surface area contributed by atoms with Crippen LogP contribution in [0.4, 0.5) is 4.39 Å². The SMILES string of the molecule is Cc1cc(F)c(CBr)cc1Cl. The van der Waals surface area contributed by atoms with Gasteiger partial charge in [0, 0.05) is 10.4 Å². The molecule has 60 valence electrons. The first-order chi connectivity index (χ1) is 5.15. The molecule has 0 aliphatic heterocycles. The summed E-state index contributed by atoms with van der Waals surface area (Å²) in [4.78, 5) is 0. The largest absolute Gasteiger partial charge is 0.207 e. The van der Waals surface area contributed by atoms with E-state index in [1.165, 1.54) is 6.07 Å². The van der Waals surface area contributed by atoms with E-state index < -0.39 is 0 Å². The van der Waals surface area contributed by atoms with Crippen molar-refractivity contribution in [2.75, 3.05) is 0 Å². The average molecular weight is 237 g/mol. The molecule has 0 bridgehead atoms. The molecule has 0 nitrogen and oxygen atoms in total. The number of benzene rings is 1. The number of aryl methyl sites for hydroxylation is 1. The van der Waals surface area contributed by atoms with E-state index in [0.717, 1.165) is 5.56 Å². The first kappa shape index (κ1) is 9.01. The summed E-state index contributed by atoms with van der Waals surface area (Å²) in [7, 11) is 0. The summed E-state index contributed by atoms with van der Waals surface area (Å²) in [6, 6.07) is 3.08. The van der Waals surface area contributed by atoms with Crippen LogP contribution in [0, 0.1) is 12.7 Å². The van der Waals surface area contributed by atoms with Gasteiger partial charge in [-0.05, 0) is 30.2 Å². The number of alkyl halides is 1. The highest BCUT2D eigenvalue weighted by atomic mass is 79.9. The second kappa shape index (κ2) is 3.55. The minimum Gasteiger partial charge on any atom is -0.207 e. The van der Waals surface area contributed by atoms with Crippen LogP contribution in [0.5, 0.6) is 0 Å². The Morgan fingerprint density at radius 1 is 1.55 bits per heavy atom. The molecule has 0 aliphatic carbocycles. The Balaban J connectivity index is 3.21. The quantitative estimate of drug-likeness (QED) is 0.654. The van der Waals surface area contributed by atoms with Gasteiger partial charge in [-0.15, -0.1) is 0 Å². The molecule has 0 heterocycles. The Labute approximate surface area is 78.5 Å². The zero-order chi connectivity index (χ0) is 8.43. The highest BCUT2D eigenvalue weighted by Crippen LogP contribution is 2.21. The molecule has 0 N–H and O–H groups in total. The summed E-state index contributed by atoms with van der Waals surface area (Å²) in [5, 5.41) is 1.11. The molecule has 3 heteroatoms. The molecule has 0 fully saturated rings. The van der Waals surface area contributed by atoms with E-state index in [2.05, 4.69) is 15.9 Å². The van der Waals surface area contributed by atoms with E-state index in [1.807, 2.05) is 0 Å². The van der Waals surface area contributed by atoms with E-state index in [1.54, 1.807) is 13.0 Å². The molecule has 0 amide bonds. The smallest absolute Gasteiger partial charge is 0.127 e. The zero-order valence-electron chi connectivity index (χ0n) is 6.00. The Morgan fingerprint density at radius 2 is 2.18 bits per heavy atom.